The summed E-state index contributed by atoms with van der Waals surface area (Å²) in [7, 11) is 1.68. The third-order valence-electron chi connectivity index (χ3n) is 3.87. The molecule has 0 radical (unpaired) electrons. The largest absolute Gasteiger partial charge is 0.370 e. The fourth-order valence-electron chi connectivity index (χ4n) is 2.69. The van der Waals surface area contributed by atoms with Crippen LogP contribution in [0.3, 0.4) is 0 Å². The normalized spacial score (nSPS) is 17.8. The van der Waals surface area contributed by atoms with Gasteiger partial charge in [0.1, 0.15) is 17.4 Å². The van der Waals surface area contributed by atoms with Crippen molar-refractivity contribution in [3.8, 4) is 17.5 Å². The molecule has 0 aliphatic heterocycles. The topological polar surface area (TPSA) is 101 Å². The van der Waals surface area contributed by atoms with Crippen molar-refractivity contribution in [1.29, 1.82) is 5.26 Å². The van der Waals surface area contributed by atoms with Gasteiger partial charge in [-0.3, -0.25) is 5.10 Å². The Morgan fingerprint density at radius 1 is 1.40 bits per heavy atom. The van der Waals surface area contributed by atoms with Gasteiger partial charge < -0.3 is 9.26 Å². The molecule has 0 bridgehead atoms. The summed E-state index contributed by atoms with van der Waals surface area (Å²) in [4.78, 5) is 4.41. The number of hydrogen-bond donors (Lipinski definition) is 1. The van der Waals surface area contributed by atoms with E-state index in [4.69, 9.17) is 14.5 Å². The van der Waals surface area contributed by atoms with E-state index < -0.39 is 5.60 Å². The van der Waals surface area contributed by atoms with Crippen LogP contribution < -0.4 is 0 Å². The summed E-state index contributed by atoms with van der Waals surface area (Å²) in [5.74, 6) is 0.854. The van der Waals surface area contributed by atoms with Crippen LogP contribution >= 0.6 is 0 Å². The summed E-state index contributed by atoms with van der Waals surface area (Å²) in [6, 6.07) is 2.01. The number of aromatic nitrogens is 4. The van der Waals surface area contributed by atoms with Crippen LogP contribution in [0.25, 0.3) is 11.5 Å². The Hall–Kier alpha value is -2.20. The maximum absolute atomic E-state index is 8.99. The molecule has 0 amide bonds. The number of aromatic amines is 1. The van der Waals surface area contributed by atoms with Crippen molar-refractivity contribution in [2.24, 2.45) is 0 Å². The SMILES string of the molecule is COC1(c2noc(-c3cn[nH]c3C#N)n2)CCCCC1. The first kappa shape index (κ1) is 12.8. The molecule has 104 valence electrons. The van der Waals surface area contributed by atoms with E-state index in [-0.39, 0.29) is 0 Å². The molecule has 2 aromatic rings. The van der Waals surface area contributed by atoms with Gasteiger partial charge in [0.05, 0.1) is 11.8 Å². The molecular formula is C13H15N5O2. The highest BCUT2D eigenvalue weighted by atomic mass is 16.5. The van der Waals surface area contributed by atoms with Gasteiger partial charge in [-0.1, -0.05) is 24.4 Å². The number of rotatable bonds is 3. The molecule has 1 saturated carbocycles. The minimum absolute atomic E-state index is 0.298. The first-order valence-corrected chi connectivity index (χ1v) is 6.62. The lowest BCUT2D eigenvalue weighted by molar-refractivity contribution is -0.0527. The maximum Gasteiger partial charge on any atom is 0.262 e. The van der Waals surface area contributed by atoms with Gasteiger partial charge >= 0.3 is 0 Å². The third kappa shape index (κ3) is 1.98. The van der Waals surface area contributed by atoms with Gasteiger partial charge in [0.15, 0.2) is 0 Å². The average Bonchev–Trinajstić information content (AvgIpc) is 3.16. The Morgan fingerprint density at radius 2 is 2.20 bits per heavy atom. The maximum atomic E-state index is 8.99. The number of nitrogens with one attached hydrogen (secondary N) is 1. The summed E-state index contributed by atoms with van der Waals surface area (Å²) in [5, 5.41) is 19.5. The van der Waals surface area contributed by atoms with E-state index in [0.29, 0.717) is 23.0 Å². The number of ether oxygens (including phenoxy) is 1. The summed E-state index contributed by atoms with van der Waals surface area (Å²) >= 11 is 0. The average molecular weight is 273 g/mol. The van der Waals surface area contributed by atoms with Crippen molar-refractivity contribution in [1.82, 2.24) is 20.3 Å². The summed E-state index contributed by atoms with van der Waals surface area (Å²) in [6.45, 7) is 0. The van der Waals surface area contributed by atoms with Crippen molar-refractivity contribution in [3.63, 3.8) is 0 Å². The number of nitrogens with zero attached hydrogens (tertiary/aromatic N) is 4. The van der Waals surface area contributed by atoms with Gasteiger partial charge in [-0.05, 0) is 12.8 Å². The third-order valence-corrected chi connectivity index (χ3v) is 3.87. The fourth-order valence-corrected chi connectivity index (χ4v) is 2.69. The van der Waals surface area contributed by atoms with Crippen molar-refractivity contribution in [2.45, 2.75) is 37.7 Å². The van der Waals surface area contributed by atoms with E-state index in [2.05, 4.69) is 20.3 Å². The van der Waals surface area contributed by atoms with Crippen LogP contribution in [-0.2, 0) is 10.3 Å². The second-order valence-corrected chi connectivity index (χ2v) is 4.95. The quantitative estimate of drug-likeness (QED) is 0.919. The number of H-pyrrole nitrogens is 1. The minimum atomic E-state index is -0.462. The number of methoxy groups -OCH3 is 1. The van der Waals surface area contributed by atoms with E-state index >= 15 is 0 Å². The van der Waals surface area contributed by atoms with Gasteiger partial charge in [0, 0.05) is 7.11 Å². The lowest BCUT2D eigenvalue weighted by atomic mass is 9.84. The van der Waals surface area contributed by atoms with E-state index in [1.165, 1.54) is 12.6 Å². The zero-order chi connectivity index (χ0) is 14.0. The number of hydrogen-bond acceptors (Lipinski definition) is 6. The fraction of sp³-hybridized carbons (Fsp3) is 0.538. The van der Waals surface area contributed by atoms with Crippen LogP contribution in [0.4, 0.5) is 0 Å². The second kappa shape index (κ2) is 5.06. The predicted octanol–water partition coefficient (Wildman–Crippen LogP) is 2.14. The van der Waals surface area contributed by atoms with Crippen LogP contribution in [0.1, 0.15) is 43.6 Å². The van der Waals surface area contributed by atoms with E-state index in [9.17, 15) is 0 Å². The lowest BCUT2D eigenvalue weighted by Gasteiger charge is -2.32. The van der Waals surface area contributed by atoms with Crippen LogP contribution in [0.2, 0.25) is 0 Å². The zero-order valence-electron chi connectivity index (χ0n) is 11.2. The first-order chi connectivity index (χ1) is 9.79. The molecule has 20 heavy (non-hydrogen) atoms. The summed E-state index contributed by atoms with van der Waals surface area (Å²) < 4.78 is 11.0. The van der Waals surface area contributed by atoms with E-state index in [0.717, 1.165) is 25.7 Å². The molecule has 0 saturated heterocycles. The molecule has 2 aromatic heterocycles. The Morgan fingerprint density at radius 3 is 2.90 bits per heavy atom. The zero-order valence-corrected chi connectivity index (χ0v) is 11.2. The second-order valence-electron chi connectivity index (χ2n) is 4.95. The Bertz CT molecular complexity index is 633. The molecule has 3 rings (SSSR count). The molecule has 0 unspecified atom stereocenters. The van der Waals surface area contributed by atoms with Gasteiger partial charge in [0.25, 0.3) is 5.89 Å². The summed E-state index contributed by atoms with van der Waals surface area (Å²) in [5.41, 5.74) is 0.375. The molecular weight excluding hydrogens is 258 g/mol. The van der Waals surface area contributed by atoms with Gasteiger partial charge in [-0.15, -0.1) is 0 Å². The Kier molecular flexibility index (Phi) is 3.24. The van der Waals surface area contributed by atoms with Crippen LogP contribution in [0.15, 0.2) is 10.7 Å². The van der Waals surface area contributed by atoms with E-state index in [1.807, 2.05) is 6.07 Å². The minimum Gasteiger partial charge on any atom is -0.370 e. The monoisotopic (exact) mass is 273 g/mol. The smallest absolute Gasteiger partial charge is 0.262 e. The van der Waals surface area contributed by atoms with Gasteiger partial charge in [-0.2, -0.15) is 15.3 Å². The molecule has 1 fully saturated rings. The molecule has 1 aliphatic rings. The van der Waals surface area contributed by atoms with Crippen molar-refractivity contribution in [2.75, 3.05) is 7.11 Å². The number of nitriles is 1. The van der Waals surface area contributed by atoms with Crippen LogP contribution in [0, 0.1) is 11.3 Å². The molecule has 7 nitrogen and oxygen atoms in total. The Balaban J connectivity index is 1.96. The highest BCUT2D eigenvalue weighted by molar-refractivity contribution is 5.59. The Labute approximate surface area is 115 Å². The van der Waals surface area contributed by atoms with Gasteiger partial charge in [-0.25, -0.2) is 0 Å². The molecule has 1 N–H and O–H groups in total. The first-order valence-electron chi connectivity index (χ1n) is 6.62. The molecule has 0 atom stereocenters. The molecule has 1 aliphatic carbocycles. The summed E-state index contributed by atoms with van der Waals surface area (Å²) in [6.07, 6.45) is 6.67. The van der Waals surface area contributed by atoms with Crippen LogP contribution in [0.5, 0.6) is 0 Å². The standard InChI is InChI=1S/C13H15N5O2/c1-19-13(5-3-2-4-6-13)12-16-11(20-18-12)9-8-15-17-10(9)7-14/h8H,2-6H2,1H3,(H,15,17). The van der Waals surface area contributed by atoms with E-state index in [1.54, 1.807) is 7.11 Å². The molecule has 2 heterocycles. The van der Waals surface area contributed by atoms with Crippen LogP contribution in [-0.4, -0.2) is 27.4 Å². The molecule has 0 spiro atoms. The van der Waals surface area contributed by atoms with Crippen molar-refractivity contribution < 1.29 is 9.26 Å². The van der Waals surface area contributed by atoms with Gasteiger partial charge in [0.2, 0.25) is 5.82 Å². The van der Waals surface area contributed by atoms with Crippen molar-refractivity contribution in [3.05, 3.63) is 17.7 Å². The lowest BCUT2D eigenvalue weighted by Crippen LogP contribution is -2.32. The molecule has 7 heteroatoms. The highest BCUT2D eigenvalue weighted by Gasteiger charge is 2.38. The predicted molar refractivity (Wildman–Crippen MR) is 68.4 cm³/mol. The van der Waals surface area contributed by atoms with Crippen molar-refractivity contribution >= 4 is 0 Å². The highest BCUT2D eigenvalue weighted by Crippen LogP contribution is 2.39. The molecule has 0 aromatic carbocycles.